The first-order valence-corrected chi connectivity index (χ1v) is 10.6. The van der Waals surface area contributed by atoms with Crippen molar-refractivity contribution in [3.05, 3.63) is 77.9 Å². The van der Waals surface area contributed by atoms with E-state index in [-0.39, 0.29) is 16.5 Å². The SMILES string of the molecule is CC1(C)C(=O)N(c2ccc(C#N)c(C(F)(F)F)c2)C(=S)N1c1ccc(-c2ccc(O)cc2)cc1. The molecule has 172 valence electrons. The van der Waals surface area contributed by atoms with Gasteiger partial charge in [-0.2, -0.15) is 18.4 Å². The van der Waals surface area contributed by atoms with Crippen molar-refractivity contribution in [1.82, 2.24) is 0 Å². The number of hydrogen-bond acceptors (Lipinski definition) is 4. The number of benzene rings is 3. The highest BCUT2D eigenvalue weighted by Crippen LogP contribution is 2.40. The molecule has 9 heteroatoms. The summed E-state index contributed by atoms with van der Waals surface area (Å²) in [5.41, 5.74) is -0.536. The molecule has 5 nitrogen and oxygen atoms in total. The molecule has 1 saturated heterocycles. The highest BCUT2D eigenvalue weighted by molar-refractivity contribution is 7.81. The molecular weight excluding hydrogens is 463 g/mol. The maximum absolute atomic E-state index is 13.5. The Labute approximate surface area is 199 Å². The van der Waals surface area contributed by atoms with Gasteiger partial charge >= 0.3 is 6.18 Å². The number of nitriles is 1. The minimum Gasteiger partial charge on any atom is -0.508 e. The van der Waals surface area contributed by atoms with Crippen molar-refractivity contribution in [2.75, 3.05) is 9.80 Å². The predicted molar refractivity (Wildman–Crippen MR) is 126 cm³/mol. The van der Waals surface area contributed by atoms with Crippen molar-refractivity contribution in [1.29, 1.82) is 5.26 Å². The molecule has 3 aromatic rings. The van der Waals surface area contributed by atoms with E-state index < -0.39 is 28.7 Å². The van der Waals surface area contributed by atoms with Crippen molar-refractivity contribution >= 4 is 34.6 Å². The van der Waals surface area contributed by atoms with Crippen LogP contribution in [0.1, 0.15) is 25.0 Å². The van der Waals surface area contributed by atoms with Crippen LogP contribution >= 0.6 is 12.2 Å². The van der Waals surface area contributed by atoms with Gasteiger partial charge in [-0.05, 0) is 79.7 Å². The molecule has 4 rings (SSSR count). The molecule has 0 bridgehead atoms. The van der Waals surface area contributed by atoms with E-state index in [0.29, 0.717) is 5.69 Å². The third-order valence-electron chi connectivity index (χ3n) is 5.68. The van der Waals surface area contributed by atoms with E-state index >= 15 is 0 Å². The van der Waals surface area contributed by atoms with E-state index in [9.17, 15) is 23.1 Å². The van der Waals surface area contributed by atoms with E-state index in [0.717, 1.165) is 28.2 Å². The highest BCUT2D eigenvalue weighted by Gasteiger charge is 2.50. The maximum Gasteiger partial charge on any atom is 0.417 e. The number of thiocarbonyl (C=S) groups is 1. The van der Waals surface area contributed by atoms with E-state index in [1.807, 2.05) is 12.1 Å². The summed E-state index contributed by atoms with van der Waals surface area (Å²) in [6, 6.07) is 18.5. The van der Waals surface area contributed by atoms with Crippen molar-refractivity contribution in [2.24, 2.45) is 0 Å². The molecule has 1 aliphatic heterocycles. The van der Waals surface area contributed by atoms with Gasteiger partial charge in [-0.3, -0.25) is 9.69 Å². The summed E-state index contributed by atoms with van der Waals surface area (Å²) in [5.74, 6) is -0.336. The topological polar surface area (TPSA) is 67.6 Å². The average molecular weight is 481 g/mol. The molecule has 0 aliphatic carbocycles. The zero-order chi connectivity index (χ0) is 24.8. The van der Waals surface area contributed by atoms with Gasteiger partial charge in [0.1, 0.15) is 11.3 Å². The first-order valence-electron chi connectivity index (χ1n) is 10.1. The lowest BCUT2D eigenvalue weighted by molar-refractivity contribution is -0.137. The van der Waals surface area contributed by atoms with Crippen LogP contribution in [0.5, 0.6) is 5.75 Å². The van der Waals surface area contributed by atoms with Crippen LogP contribution in [0.4, 0.5) is 24.5 Å². The predicted octanol–water partition coefficient (Wildman–Crippen LogP) is 5.87. The molecule has 0 unspecified atom stereocenters. The van der Waals surface area contributed by atoms with Gasteiger partial charge in [-0.1, -0.05) is 24.3 Å². The first-order chi connectivity index (χ1) is 15.9. The van der Waals surface area contributed by atoms with Crippen LogP contribution in [0.25, 0.3) is 11.1 Å². The molecule has 0 atom stereocenters. The number of anilines is 2. The molecule has 34 heavy (non-hydrogen) atoms. The molecule has 1 amide bonds. The molecule has 1 aliphatic rings. The van der Waals surface area contributed by atoms with Gasteiger partial charge in [0.15, 0.2) is 5.11 Å². The average Bonchev–Trinajstić information content (AvgIpc) is 2.97. The fourth-order valence-electron chi connectivity index (χ4n) is 3.92. The molecule has 0 aromatic heterocycles. The summed E-state index contributed by atoms with van der Waals surface area (Å²) in [7, 11) is 0. The van der Waals surface area contributed by atoms with Gasteiger partial charge < -0.3 is 10.0 Å². The number of hydrogen-bond donors (Lipinski definition) is 1. The van der Waals surface area contributed by atoms with Crippen molar-refractivity contribution < 1.29 is 23.1 Å². The molecule has 0 spiro atoms. The maximum atomic E-state index is 13.5. The Kier molecular flexibility index (Phi) is 5.58. The number of halogens is 3. The van der Waals surface area contributed by atoms with Crippen LogP contribution < -0.4 is 9.80 Å². The lowest BCUT2D eigenvalue weighted by Gasteiger charge is -2.29. The van der Waals surface area contributed by atoms with Crippen LogP contribution in [-0.4, -0.2) is 21.7 Å². The number of carbonyl (C=O) groups is 1. The Morgan fingerprint density at radius 3 is 2.00 bits per heavy atom. The zero-order valence-corrected chi connectivity index (χ0v) is 18.9. The number of phenols is 1. The molecule has 0 saturated carbocycles. The summed E-state index contributed by atoms with van der Waals surface area (Å²) in [6.07, 6.45) is -4.76. The number of nitrogens with zero attached hydrogens (tertiary/aromatic N) is 3. The number of carbonyl (C=O) groups excluding carboxylic acids is 1. The minimum atomic E-state index is -4.76. The summed E-state index contributed by atoms with van der Waals surface area (Å²) in [6.45, 7) is 3.29. The van der Waals surface area contributed by atoms with Gasteiger partial charge in [0.05, 0.1) is 22.9 Å². The van der Waals surface area contributed by atoms with Gasteiger partial charge in [-0.15, -0.1) is 0 Å². The fraction of sp³-hybridized carbons (Fsp3) is 0.160. The summed E-state index contributed by atoms with van der Waals surface area (Å²) in [5, 5.41) is 18.6. The highest BCUT2D eigenvalue weighted by atomic mass is 32.1. The standard InChI is InChI=1S/C25H18F3N3O2S/c1-24(2)22(33)30(19-10-5-17(14-29)21(13-19)25(26,27)28)23(34)31(24)18-8-3-15(4-9-18)16-6-11-20(32)12-7-16/h3-13,32H,1-2H3. The largest absolute Gasteiger partial charge is 0.508 e. The lowest BCUT2D eigenvalue weighted by Crippen LogP contribution is -2.44. The van der Waals surface area contributed by atoms with Crippen LogP contribution in [0.2, 0.25) is 0 Å². The number of amides is 1. The zero-order valence-electron chi connectivity index (χ0n) is 18.1. The van der Waals surface area contributed by atoms with Gasteiger partial charge in [0.2, 0.25) is 0 Å². The van der Waals surface area contributed by atoms with Gasteiger partial charge in [0, 0.05) is 5.69 Å². The Hall–Kier alpha value is -3.90. The fourth-order valence-corrected chi connectivity index (χ4v) is 4.44. The minimum absolute atomic E-state index is 0.0326. The smallest absolute Gasteiger partial charge is 0.417 e. The van der Waals surface area contributed by atoms with Gasteiger partial charge in [-0.25, -0.2) is 0 Å². The molecule has 1 N–H and O–H groups in total. The summed E-state index contributed by atoms with van der Waals surface area (Å²) >= 11 is 5.55. The third-order valence-corrected chi connectivity index (χ3v) is 6.05. The monoisotopic (exact) mass is 481 g/mol. The van der Waals surface area contributed by atoms with Crippen LogP contribution in [0.15, 0.2) is 66.7 Å². The van der Waals surface area contributed by atoms with Crippen LogP contribution in [0, 0.1) is 11.3 Å². The number of aromatic hydroxyl groups is 1. The normalized spacial score (nSPS) is 15.5. The number of phenolic OH excluding ortho intramolecular Hbond substituents is 1. The Bertz CT molecular complexity index is 1330. The van der Waals surface area contributed by atoms with Crippen molar-refractivity contribution in [2.45, 2.75) is 25.6 Å². The first kappa shape index (κ1) is 23.3. The molecule has 1 fully saturated rings. The van der Waals surface area contributed by atoms with E-state index in [4.69, 9.17) is 17.5 Å². The second-order valence-corrected chi connectivity index (χ2v) is 8.62. The third kappa shape index (κ3) is 3.86. The Morgan fingerprint density at radius 2 is 1.47 bits per heavy atom. The Balaban J connectivity index is 1.72. The second kappa shape index (κ2) is 8.15. The van der Waals surface area contributed by atoms with Crippen molar-refractivity contribution in [3.63, 3.8) is 0 Å². The summed E-state index contributed by atoms with van der Waals surface area (Å²) in [4.78, 5) is 15.9. The van der Waals surface area contributed by atoms with Crippen molar-refractivity contribution in [3.8, 4) is 22.9 Å². The lowest BCUT2D eigenvalue weighted by atomic mass is 10.0. The molecular formula is C25H18F3N3O2S. The second-order valence-electron chi connectivity index (χ2n) is 8.25. The van der Waals surface area contributed by atoms with E-state index in [2.05, 4.69) is 0 Å². The molecule has 3 aromatic carbocycles. The summed E-state index contributed by atoms with van der Waals surface area (Å²) < 4.78 is 40.4. The number of alkyl halides is 3. The molecule has 0 radical (unpaired) electrons. The van der Waals surface area contributed by atoms with Crippen LogP contribution in [-0.2, 0) is 11.0 Å². The molecule has 1 heterocycles. The van der Waals surface area contributed by atoms with Crippen LogP contribution in [0.3, 0.4) is 0 Å². The Morgan fingerprint density at radius 1 is 0.941 bits per heavy atom. The van der Waals surface area contributed by atoms with E-state index in [1.54, 1.807) is 55.1 Å². The van der Waals surface area contributed by atoms with Gasteiger partial charge in [0.25, 0.3) is 5.91 Å². The quantitative estimate of drug-likeness (QED) is 0.474. The number of rotatable bonds is 3. The van der Waals surface area contributed by atoms with E-state index in [1.165, 1.54) is 12.1 Å².